The van der Waals surface area contributed by atoms with Gasteiger partial charge < -0.3 is 10.1 Å². The fourth-order valence-electron chi connectivity index (χ4n) is 1.92. The molecule has 0 aliphatic carbocycles. The van der Waals surface area contributed by atoms with E-state index < -0.39 is 0 Å². The van der Waals surface area contributed by atoms with E-state index in [-0.39, 0.29) is 18.3 Å². The van der Waals surface area contributed by atoms with Gasteiger partial charge in [0.25, 0.3) is 5.91 Å². The molecule has 1 aromatic heterocycles. The third-order valence-corrected chi connectivity index (χ3v) is 2.92. The molecule has 0 fully saturated rings. The van der Waals surface area contributed by atoms with Gasteiger partial charge in [0, 0.05) is 18.9 Å². The molecule has 0 saturated heterocycles. The summed E-state index contributed by atoms with van der Waals surface area (Å²) in [6.45, 7) is 5.10. The predicted molar refractivity (Wildman–Crippen MR) is 85.0 cm³/mol. The molecule has 112 valence electrons. The molecule has 0 bridgehead atoms. The first-order valence-corrected chi connectivity index (χ1v) is 6.61. The normalized spacial score (nSPS) is 9.62. The quantitative estimate of drug-likeness (QED) is 0.923. The fraction of sp³-hybridized carbons (Fsp3) is 0.250. The van der Waals surface area contributed by atoms with Gasteiger partial charge >= 0.3 is 0 Å². The number of aromatic nitrogens is 1. The monoisotopic (exact) mass is 306 g/mol. The summed E-state index contributed by atoms with van der Waals surface area (Å²) in [4.78, 5) is 15.8. The maximum absolute atomic E-state index is 11.9. The zero-order valence-electron chi connectivity index (χ0n) is 12.1. The number of halogens is 1. The predicted octanol–water partition coefficient (Wildman–Crippen LogP) is 3.14. The number of nitrogens with one attached hydrogen (secondary N) is 1. The minimum atomic E-state index is -0.121. The highest BCUT2D eigenvalue weighted by atomic mass is 35.5. The maximum atomic E-state index is 11.9. The summed E-state index contributed by atoms with van der Waals surface area (Å²) in [5, 5.41) is 2.87. The van der Waals surface area contributed by atoms with Gasteiger partial charge in [0.05, 0.1) is 12.2 Å². The Balaban J connectivity index is 0.00000220. The van der Waals surface area contributed by atoms with Gasteiger partial charge in [-0.05, 0) is 43.2 Å². The van der Waals surface area contributed by atoms with E-state index in [0.29, 0.717) is 18.7 Å². The van der Waals surface area contributed by atoms with Crippen LogP contribution in [0.2, 0.25) is 0 Å². The second kappa shape index (κ2) is 8.27. The van der Waals surface area contributed by atoms with Crippen LogP contribution in [0.3, 0.4) is 0 Å². The molecule has 0 unspecified atom stereocenters. The van der Waals surface area contributed by atoms with Crippen LogP contribution in [0.4, 0.5) is 0 Å². The molecule has 0 saturated carbocycles. The Labute approximate surface area is 131 Å². The molecule has 0 radical (unpaired) electrons. The molecule has 2 aromatic rings. The summed E-state index contributed by atoms with van der Waals surface area (Å²) in [6.07, 6.45) is 3.20. The van der Waals surface area contributed by atoms with Crippen molar-refractivity contribution in [3.63, 3.8) is 0 Å². The number of pyridine rings is 1. The van der Waals surface area contributed by atoms with E-state index >= 15 is 0 Å². The maximum Gasteiger partial charge on any atom is 0.253 e. The number of hydrogen-bond acceptors (Lipinski definition) is 3. The Morgan fingerprint density at radius 2 is 2.14 bits per heavy atom. The van der Waals surface area contributed by atoms with Crippen LogP contribution in [0, 0.1) is 6.92 Å². The van der Waals surface area contributed by atoms with Gasteiger partial charge in [-0.15, -0.1) is 12.4 Å². The van der Waals surface area contributed by atoms with Crippen molar-refractivity contribution in [3.05, 3.63) is 59.4 Å². The lowest BCUT2D eigenvalue weighted by Gasteiger charge is -2.10. The van der Waals surface area contributed by atoms with Crippen LogP contribution in [0.5, 0.6) is 5.75 Å². The molecule has 1 aromatic carbocycles. The topological polar surface area (TPSA) is 51.2 Å². The van der Waals surface area contributed by atoms with Crippen molar-refractivity contribution in [2.45, 2.75) is 20.4 Å². The number of rotatable bonds is 5. The molecule has 0 aliphatic rings. The number of benzene rings is 1. The van der Waals surface area contributed by atoms with Crippen molar-refractivity contribution in [1.82, 2.24) is 10.3 Å². The first-order chi connectivity index (χ1) is 9.70. The van der Waals surface area contributed by atoms with Crippen molar-refractivity contribution in [2.24, 2.45) is 0 Å². The first kappa shape index (κ1) is 17.0. The van der Waals surface area contributed by atoms with Gasteiger partial charge in [-0.3, -0.25) is 9.78 Å². The van der Waals surface area contributed by atoms with Gasteiger partial charge in [0.1, 0.15) is 5.75 Å². The van der Waals surface area contributed by atoms with Gasteiger partial charge in [-0.2, -0.15) is 0 Å². The number of carbonyl (C=O) groups excluding carboxylic acids is 1. The van der Waals surface area contributed by atoms with Crippen LogP contribution in [-0.2, 0) is 6.54 Å². The molecule has 21 heavy (non-hydrogen) atoms. The number of amides is 1. The third-order valence-electron chi connectivity index (χ3n) is 2.92. The van der Waals surface area contributed by atoms with Gasteiger partial charge in [-0.1, -0.05) is 12.1 Å². The second-order valence-corrected chi connectivity index (χ2v) is 4.46. The number of nitrogens with zero attached hydrogens (tertiary/aromatic N) is 1. The zero-order chi connectivity index (χ0) is 14.4. The smallest absolute Gasteiger partial charge is 0.253 e. The van der Waals surface area contributed by atoms with E-state index in [1.807, 2.05) is 32.0 Å². The van der Waals surface area contributed by atoms with Gasteiger partial charge in [-0.25, -0.2) is 0 Å². The molecule has 0 atom stereocenters. The van der Waals surface area contributed by atoms with Crippen LogP contribution in [0.25, 0.3) is 0 Å². The van der Waals surface area contributed by atoms with E-state index in [4.69, 9.17) is 4.74 Å². The highest BCUT2D eigenvalue weighted by Crippen LogP contribution is 2.19. The molecule has 1 heterocycles. The van der Waals surface area contributed by atoms with Crippen molar-refractivity contribution in [3.8, 4) is 5.75 Å². The number of ether oxygens (including phenoxy) is 1. The van der Waals surface area contributed by atoms with Gasteiger partial charge in [0.15, 0.2) is 0 Å². The highest BCUT2D eigenvalue weighted by molar-refractivity contribution is 5.93. The Bertz CT molecular complexity index is 588. The molecule has 5 heteroatoms. The summed E-state index contributed by atoms with van der Waals surface area (Å²) in [5.74, 6) is 0.763. The number of hydrogen-bond donors (Lipinski definition) is 1. The average molecular weight is 307 g/mol. The van der Waals surface area contributed by atoms with E-state index in [9.17, 15) is 4.79 Å². The molecule has 0 spiro atoms. The van der Waals surface area contributed by atoms with Gasteiger partial charge in [0.2, 0.25) is 0 Å². The summed E-state index contributed by atoms with van der Waals surface area (Å²) in [7, 11) is 0. The summed E-state index contributed by atoms with van der Waals surface area (Å²) in [5.41, 5.74) is 2.68. The molecular formula is C16H19ClN2O2. The minimum Gasteiger partial charge on any atom is -0.494 e. The van der Waals surface area contributed by atoms with E-state index in [2.05, 4.69) is 10.3 Å². The van der Waals surface area contributed by atoms with E-state index in [0.717, 1.165) is 16.9 Å². The summed E-state index contributed by atoms with van der Waals surface area (Å²) < 4.78 is 5.49. The Kier molecular flexibility index (Phi) is 6.69. The standard InChI is InChI=1S/C16H18N2O2.ClH/c1-3-20-15-7-6-13(9-12(15)2)10-18-16(19)14-5-4-8-17-11-14;/h4-9,11H,3,10H2,1-2H3,(H,18,19);1H. The molecule has 2 rings (SSSR count). The van der Waals surface area contributed by atoms with E-state index in [1.165, 1.54) is 0 Å². The van der Waals surface area contributed by atoms with Crippen LogP contribution < -0.4 is 10.1 Å². The summed E-state index contributed by atoms with van der Waals surface area (Å²) >= 11 is 0. The number of carbonyl (C=O) groups is 1. The van der Waals surface area contributed by atoms with Crippen molar-refractivity contribution >= 4 is 18.3 Å². The lowest BCUT2D eigenvalue weighted by Crippen LogP contribution is -2.22. The molecular weight excluding hydrogens is 288 g/mol. The molecule has 4 nitrogen and oxygen atoms in total. The largest absolute Gasteiger partial charge is 0.494 e. The third kappa shape index (κ3) is 4.76. The number of aryl methyl sites for hydroxylation is 1. The Hall–Kier alpha value is -2.07. The Morgan fingerprint density at radius 3 is 2.76 bits per heavy atom. The van der Waals surface area contributed by atoms with Crippen molar-refractivity contribution < 1.29 is 9.53 Å². The molecule has 1 N–H and O–H groups in total. The fourth-order valence-corrected chi connectivity index (χ4v) is 1.92. The Morgan fingerprint density at radius 1 is 1.33 bits per heavy atom. The first-order valence-electron chi connectivity index (χ1n) is 6.61. The molecule has 1 amide bonds. The minimum absolute atomic E-state index is 0. The highest BCUT2D eigenvalue weighted by Gasteiger charge is 2.05. The summed E-state index contributed by atoms with van der Waals surface area (Å²) in [6, 6.07) is 9.40. The average Bonchev–Trinajstić information content (AvgIpc) is 2.48. The SMILES string of the molecule is CCOc1ccc(CNC(=O)c2cccnc2)cc1C.Cl. The lowest BCUT2D eigenvalue weighted by molar-refractivity contribution is 0.0950. The van der Waals surface area contributed by atoms with Crippen LogP contribution in [0.1, 0.15) is 28.4 Å². The van der Waals surface area contributed by atoms with Crippen LogP contribution in [-0.4, -0.2) is 17.5 Å². The van der Waals surface area contributed by atoms with Crippen molar-refractivity contribution in [1.29, 1.82) is 0 Å². The second-order valence-electron chi connectivity index (χ2n) is 4.46. The van der Waals surface area contributed by atoms with E-state index in [1.54, 1.807) is 24.5 Å². The van der Waals surface area contributed by atoms with Crippen LogP contribution in [0.15, 0.2) is 42.7 Å². The zero-order valence-corrected chi connectivity index (χ0v) is 12.9. The van der Waals surface area contributed by atoms with Crippen LogP contribution >= 0.6 is 12.4 Å². The lowest BCUT2D eigenvalue weighted by atomic mass is 10.1. The molecule has 0 aliphatic heterocycles. The van der Waals surface area contributed by atoms with Crippen molar-refractivity contribution in [2.75, 3.05) is 6.61 Å².